The zero-order valence-corrected chi connectivity index (χ0v) is 20.9. The molecule has 36 heavy (non-hydrogen) atoms. The number of hydrogen-bond acceptors (Lipinski definition) is 9. The molecule has 9 heteroatoms. The van der Waals surface area contributed by atoms with Gasteiger partial charge in [0, 0.05) is 49.4 Å². The van der Waals surface area contributed by atoms with E-state index in [0.717, 1.165) is 86.4 Å². The molecular weight excluding hydrogens is 452 g/mol. The Hall–Kier alpha value is -3.43. The Balaban J connectivity index is 1.38. The van der Waals surface area contributed by atoms with Crippen LogP contribution in [0.15, 0.2) is 54.3 Å². The van der Waals surface area contributed by atoms with E-state index in [2.05, 4.69) is 20.5 Å². The summed E-state index contributed by atoms with van der Waals surface area (Å²) in [7, 11) is 0. The Bertz CT molecular complexity index is 1110. The summed E-state index contributed by atoms with van der Waals surface area (Å²) >= 11 is 0. The van der Waals surface area contributed by atoms with Crippen LogP contribution in [0.25, 0.3) is 16.6 Å². The van der Waals surface area contributed by atoms with E-state index >= 15 is 0 Å². The van der Waals surface area contributed by atoms with Crippen LogP contribution in [-0.4, -0.2) is 60.5 Å². The standard InChI is InChI=1S/C27H38N8O/c28-16-21(20-4-1-2-5-20)15-26(30)34-27-7-6-24-25(33-27)14-22(19-32-24)23(17-29)18-31-8-3-9-35-10-12-36-13-11-35/h6-7,14-20,29,31H,1-5,8-13,28,30H2,(H,33,34)/b21-16+,23-18+,26-15+,29-17?. The topological polar surface area (TPSA) is 138 Å². The maximum Gasteiger partial charge on any atom is 0.132 e. The molecule has 2 aliphatic rings. The molecule has 1 aliphatic carbocycles. The first-order chi connectivity index (χ1) is 17.7. The van der Waals surface area contributed by atoms with E-state index in [4.69, 9.17) is 26.6 Å². The number of nitrogens with one attached hydrogen (secondary N) is 3. The third-order valence-corrected chi connectivity index (χ3v) is 6.80. The lowest BCUT2D eigenvalue weighted by Gasteiger charge is -2.26. The van der Waals surface area contributed by atoms with Gasteiger partial charge in [-0.05, 0) is 67.8 Å². The van der Waals surface area contributed by atoms with Gasteiger partial charge in [0.1, 0.15) is 11.6 Å². The maximum absolute atomic E-state index is 7.88. The molecular formula is C27H38N8O. The number of rotatable bonds is 11. The molecule has 0 unspecified atom stereocenters. The number of allylic oxidation sites excluding steroid dienone is 3. The molecule has 2 aromatic rings. The summed E-state index contributed by atoms with van der Waals surface area (Å²) in [6.07, 6.45) is 14.4. The predicted octanol–water partition coefficient (Wildman–Crippen LogP) is 3.18. The minimum atomic E-state index is 0.478. The molecule has 1 saturated carbocycles. The van der Waals surface area contributed by atoms with Crippen LogP contribution in [0.1, 0.15) is 37.7 Å². The molecule has 192 valence electrons. The first kappa shape index (κ1) is 25.7. The zero-order valence-electron chi connectivity index (χ0n) is 20.9. The minimum Gasteiger partial charge on any atom is -0.404 e. The van der Waals surface area contributed by atoms with E-state index in [0.29, 0.717) is 17.6 Å². The van der Waals surface area contributed by atoms with E-state index in [-0.39, 0.29) is 0 Å². The molecule has 7 N–H and O–H groups in total. The fourth-order valence-electron chi connectivity index (χ4n) is 4.78. The maximum atomic E-state index is 7.88. The van der Waals surface area contributed by atoms with Crippen molar-refractivity contribution < 1.29 is 4.74 Å². The minimum absolute atomic E-state index is 0.478. The molecule has 2 fully saturated rings. The first-order valence-electron chi connectivity index (χ1n) is 12.8. The van der Waals surface area contributed by atoms with Crippen LogP contribution in [-0.2, 0) is 4.74 Å². The van der Waals surface area contributed by atoms with Crippen LogP contribution >= 0.6 is 0 Å². The Labute approximate surface area is 213 Å². The summed E-state index contributed by atoms with van der Waals surface area (Å²) in [5, 5.41) is 14.4. The smallest absolute Gasteiger partial charge is 0.132 e. The average Bonchev–Trinajstić information content (AvgIpc) is 3.44. The number of hydrogen-bond donors (Lipinski definition) is 5. The van der Waals surface area contributed by atoms with Gasteiger partial charge in [-0.2, -0.15) is 0 Å². The zero-order chi connectivity index (χ0) is 25.2. The van der Waals surface area contributed by atoms with Gasteiger partial charge in [0.15, 0.2) is 0 Å². The van der Waals surface area contributed by atoms with Gasteiger partial charge in [0.25, 0.3) is 0 Å². The van der Waals surface area contributed by atoms with Crippen LogP contribution in [0.2, 0.25) is 0 Å². The van der Waals surface area contributed by atoms with Gasteiger partial charge in [-0.25, -0.2) is 4.98 Å². The Kier molecular flexibility index (Phi) is 9.29. The van der Waals surface area contributed by atoms with Gasteiger partial charge in [0.2, 0.25) is 0 Å². The predicted molar refractivity (Wildman–Crippen MR) is 146 cm³/mol. The van der Waals surface area contributed by atoms with E-state index < -0.39 is 0 Å². The van der Waals surface area contributed by atoms with Crippen molar-refractivity contribution in [1.29, 1.82) is 5.41 Å². The van der Waals surface area contributed by atoms with Crippen molar-refractivity contribution in [1.82, 2.24) is 20.2 Å². The lowest BCUT2D eigenvalue weighted by Crippen LogP contribution is -2.37. The van der Waals surface area contributed by atoms with Crippen LogP contribution < -0.4 is 22.1 Å². The Morgan fingerprint density at radius 2 is 2.00 bits per heavy atom. The molecule has 9 nitrogen and oxygen atoms in total. The normalized spacial score (nSPS) is 18.5. The SMILES string of the molecule is N=C/C(=C\NCCCN1CCOCC1)c1cnc2ccc(N/C(N)=C/C(=C\N)C3CCCC3)nc2c1. The number of morpholine rings is 1. The van der Waals surface area contributed by atoms with Crippen molar-refractivity contribution in [2.24, 2.45) is 17.4 Å². The van der Waals surface area contributed by atoms with Gasteiger partial charge < -0.3 is 32.2 Å². The number of anilines is 1. The lowest BCUT2D eigenvalue weighted by molar-refractivity contribution is 0.0375. The van der Waals surface area contributed by atoms with Gasteiger partial charge in [-0.1, -0.05) is 12.8 Å². The summed E-state index contributed by atoms with van der Waals surface area (Å²) in [6.45, 7) is 5.53. The summed E-state index contributed by atoms with van der Waals surface area (Å²) in [4.78, 5) is 11.7. The number of nitrogens with two attached hydrogens (primary N) is 2. The molecule has 0 atom stereocenters. The Morgan fingerprint density at radius 1 is 1.19 bits per heavy atom. The highest BCUT2D eigenvalue weighted by atomic mass is 16.5. The monoisotopic (exact) mass is 490 g/mol. The van der Waals surface area contributed by atoms with Gasteiger partial charge in [-0.15, -0.1) is 0 Å². The van der Waals surface area contributed by atoms with E-state index in [1.54, 1.807) is 12.4 Å². The quantitative estimate of drug-likeness (QED) is 0.184. The average molecular weight is 491 g/mol. The highest BCUT2D eigenvalue weighted by Gasteiger charge is 2.18. The number of nitrogens with zero attached hydrogens (tertiary/aromatic N) is 3. The van der Waals surface area contributed by atoms with Gasteiger partial charge >= 0.3 is 0 Å². The Morgan fingerprint density at radius 3 is 2.75 bits per heavy atom. The third kappa shape index (κ3) is 7.05. The number of fused-ring (bicyclic) bond motifs is 1. The third-order valence-electron chi connectivity index (χ3n) is 6.80. The fourth-order valence-corrected chi connectivity index (χ4v) is 4.78. The molecule has 2 aromatic heterocycles. The molecule has 0 aromatic carbocycles. The fraction of sp³-hybridized carbons (Fsp3) is 0.444. The second-order valence-electron chi connectivity index (χ2n) is 9.34. The highest BCUT2D eigenvalue weighted by Crippen LogP contribution is 2.31. The summed E-state index contributed by atoms with van der Waals surface area (Å²) < 4.78 is 5.40. The van der Waals surface area contributed by atoms with Crippen molar-refractivity contribution in [2.45, 2.75) is 32.1 Å². The van der Waals surface area contributed by atoms with Crippen molar-refractivity contribution in [3.8, 4) is 0 Å². The number of aromatic nitrogens is 2. The molecule has 3 heterocycles. The van der Waals surface area contributed by atoms with Crippen LogP contribution in [0.5, 0.6) is 0 Å². The van der Waals surface area contributed by atoms with E-state index in [1.165, 1.54) is 19.1 Å². The van der Waals surface area contributed by atoms with Gasteiger partial charge in [0.05, 0.1) is 24.2 Å². The molecule has 0 amide bonds. The van der Waals surface area contributed by atoms with E-state index in [9.17, 15) is 0 Å². The summed E-state index contributed by atoms with van der Waals surface area (Å²) in [6, 6.07) is 5.72. The molecule has 4 rings (SSSR count). The van der Waals surface area contributed by atoms with Crippen molar-refractivity contribution in [3.63, 3.8) is 0 Å². The van der Waals surface area contributed by atoms with Crippen LogP contribution in [0.4, 0.5) is 5.82 Å². The molecule has 0 bridgehead atoms. The second kappa shape index (κ2) is 13.0. The van der Waals surface area contributed by atoms with Gasteiger partial charge in [-0.3, -0.25) is 9.88 Å². The summed E-state index contributed by atoms with van der Waals surface area (Å²) in [5.74, 6) is 1.63. The number of ether oxygens (including phenoxy) is 1. The first-order valence-corrected chi connectivity index (χ1v) is 12.8. The largest absolute Gasteiger partial charge is 0.404 e. The van der Waals surface area contributed by atoms with Crippen molar-refractivity contribution >= 4 is 28.6 Å². The van der Waals surface area contributed by atoms with Crippen LogP contribution in [0.3, 0.4) is 0 Å². The van der Waals surface area contributed by atoms with Crippen LogP contribution in [0, 0.1) is 11.3 Å². The van der Waals surface area contributed by atoms with E-state index in [1.807, 2.05) is 30.5 Å². The molecule has 1 aliphatic heterocycles. The second-order valence-corrected chi connectivity index (χ2v) is 9.34. The lowest BCUT2D eigenvalue weighted by atomic mass is 9.98. The molecule has 0 radical (unpaired) electrons. The van der Waals surface area contributed by atoms with Crippen molar-refractivity contribution in [3.05, 3.63) is 59.8 Å². The summed E-state index contributed by atoms with van der Waals surface area (Å²) in [5.41, 5.74) is 16.3. The molecule has 1 saturated heterocycles. The highest BCUT2D eigenvalue weighted by molar-refractivity contribution is 6.08. The molecule has 0 spiro atoms. The number of pyridine rings is 2. The van der Waals surface area contributed by atoms with Crippen molar-refractivity contribution in [2.75, 3.05) is 44.7 Å².